The second kappa shape index (κ2) is 8.20. The second-order valence-corrected chi connectivity index (χ2v) is 9.93. The fraction of sp³-hybridized carbons (Fsp3) is 0.364. The zero-order valence-corrected chi connectivity index (χ0v) is 17.9. The van der Waals surface area contributed by atoms with Gasteiger partial charge in [0.05, 0.1) is 22.0 Å². The number of rotatable bonds is 8. The van der Waals surface area contributed by atoms with E-state index in [1.54, 1.807) is 12.1 Å². The van der Waals surface area contributed by atoms with Crippen molar-refractivity contribution < 1.29 is 13.2 Å². The summed E-state index contributed by atoms with van der Waals surface area (Å²) in [4.78, 5) is 21.0. The Labute approximate surface area is 176 Å². The highest BCUT2D eigenvalue weighted by atomic mass is 32.2. The van der Waals surface area contributed by atoms with Crippen LogP contribution in [0.15, 0.2) is 53.4 Å². The maximum absolute atomic E-state index is 13.0. The summed E-state index contributed by atoms with van der Waals surface area (Å²) in [6, 6.07) is 13.6. The number of hydrogen-bond donors (Lipinski definition) is 3. The van der Waals surface area contributed by atoms with Crippen LogP contribution in [0.4, 0.5) is 0 Å². The van der Waals surface area contributed by atoms with Crippen LogP contribution in [0, 0.1) is 5.92 Å². The van der Waals surface area contributed by atoms with Crippen molar-refractivity contribution in [1.82, 2.24) is 20.0 Å². The molecule has 2 aromatic carbocycles. The lowest BCUT2D eigenvalue weighted by Crippen LogP contribution is -2.31. The van der Waals surface area contributed by atoms with Gasteiger partial charge < -0.3 is 10.3 Å². The largest absolute Gasteiger partial charge is 0.342 e. The Bertz CT molecular complexity index is 1130. The van der Waals surface area contributed by atoms with Gasteiger partial charge in [0.1, 0.15) is 5.82 Å². The first kappa shape index (κ1) is 20.6. The van der Waals surface area contributed by atoms with E-state index in [0.717, 1.165) is 23.9 Å². The molecule has 0 aliphatic heterocycles. The standard InChI is InChI=1S/C22H26N4O3S/c1-14(2)12-20(21-23-18-8-3-4-9-19(18)24-21)25-22(27)15-6-5-7-17(13-15)30(28,29)26-16-10-11-16/h3-9,13-14,16,20,26H,10-12H2,1-2H3,(H,23,24)(H,25,27). The summed E-state index contributed by atoms with van der Waals surface area (Å²) in [5, 5.41) is 3.03. The third-order valence-corrected chi connectivity index (χ3v) is 6.57. The number of carbonyl (C=O) groups is 1. The second-order valence-electron chi connectivity index (χ2n) is 8.22. The number of aromatic amines is 1. The van der Waals surface area contributed by atoms with E-state index in [-0.39, 0.29) is 22.9 Å². The molecule has 1 aliphatic rings. The van der Waals surface area contributed by atoms with Gasteiger partial charge >= 0.3 is 0 Å². The highest BCUT2D eigenvalue weighted by molar-refractivity contribution is 7.89. The lowest BCUT2D eigenvalue weighted by atomic mass is 10.0. The Hall–Kier alpha value is -2.71. The molecule has 158 valence electrons. The van der Waals surface area contributed by atoms with E-state index in [1.807, 2.05) is 24.3 Å². The topological polar surface area (TPSA) is 104 Å². The van der Waals surface area contributed by atoms with E-state index in [4.69, 9.17) is 0 Å². The van der Waals surface area contributed by atoms with Gasteiger partial charge in [-0.15, -0.1) is 0 Å². The molecule has 3 N–H and O–H groups in total. The maximum atomic E-state index is 13.0. The SMILES string of the molecule is CC(C)CC(NC(=O)c1cccc(S(=O)(=O)NC2CC2)c1)c1nc2ccccc2[nH]1. The smallest absolute Gasteiger partial charge is 0.251 e. The molecule has 0 saturated heterocycles. The van der Waals surface area contributed by atoms with Gasteiger partial charge in [-0.05, 0) is 55.5 Å². The minimum Gasteiger partial charge on any atom is -0.342 e. The summed E-state index contributed by atoms with van der Waals surface area (Å²) in [6.07, 6.45) is 2.41. The zero-order chi connectivity index (χ0) is 21.3. The summed E-state index contributed by atoms with van der Waals surface area (Å²) >= 11 is 0. The van der Waals surface area contributed by atoms with E-state index in [2.05, 4.69) is 33.9 Å². The molecular formula is C22H26N4O3S. The molecule has 8 heteroatoms. The third kappa shape index (κ3) is 4.71. The summed E-state index contributed by atoms with van der Waals surface area (Å²) in [5.41, 5.74) is 2.06. The molecular weight excluding hydrogens is 400 g/mol. The number of amides is 1. The van der Waals surface area contributed by atoms with Crippen LogP contribution in [0.25, 0.3) is 11.0 Å². The lowest BCUT2D eigenvalue weighted by molar-refractivity contribution is 0.0930. The average Bonchev–Trinajstić information content (AvgIpc) is 3.40. The van der Waals surface area contributed by atoms with Crippen LogP contribution in [0.5, 0.6) is 0 Å². The number of nitrogens with one attached hydrogen (secondary N) is 3. The van der Waals surface area contributed by atoms with Crippen LogP contribution in [0.3, 0.4) is 0 Å². The van der Waals surface area contributed by atoms with Crippen LogP contribution in [-0.4, -0.2) is 30.3 Å². The molecule has 1 fully saturated rings. The van der Waals surface area contributed by atoms with Crippen molar-refractivity contribution in [3.63, 3.8) is 0 Å². The fourth-order valence-corrected chi connectivity index (χ4v) is 4.73. The van der Waals surface area contributed by atoms with Crippen LogP contribution in [-0.2, 0) is 10.0 Å². The summed E-state index contributed by atoms with van der Waals surface area (Å²) in [7, 11) is -3.62. The molecule has 0 radical (unpaired) electrons. The summed E-state index contributed by atoms with van der Waals surface area (Å²) in [5.74, 6) is 0.694. The maximum Gasteiger partial charge on any atom is 0.251 e. The average molecular weight is 427 g/mol. The molecule has 3 aromatic rings. The van der Waals surface area contributed by atoms with Crippen LogP contribution in [0.2, 0.25) is 0 Å². The van der Waals surface area contributed by atoms with Gasteiger partial charge in [-0.3, -0.25) is 4.79 Å². The van der Waals surface area contributed by atoms with Crippen molar-refractivity contribution in [3.05, 3.63) is 59.9 Å². The van der Waals surface area contributed by atoms with Gasteiger partial charge in [0.15, 0.2) is 0 Å². The number of hydrogen-bond acceptors (Lipinski definition) is 4. The van der Waals surface area contributed by atoms with Crippen molar-refractivity contribution >= 4 is 27.0 Å². The van der Waals surface area contributed by atoms with Gasteiger partial charge in [0, 0.05) is 11.6 Å². The van der Waals surface area contributed by atoms with Crippen molar-refractivity contribution in [2.75, 3.05) is 0 Å². The van der Waals surface area contributed by atoms with Crippen molar-refractivity contribution in [3.8, 4) is 0 Å². The van der Waals surface area contributed by atoms with Gasteiger partial charge in [0.25, 0.3) is 5.91 Å². The first-order chi connectivity index (χ1) is 14.3. The molecule has 1 unspecified atom stereocenters. The minimum absolute atomic E-state index is 0.0102. The Balaban J connectivity index is 1.57. The highest BCUT2D eigenvalue weighted by Crippen LogP contribution is 2.24. The number of sulfonamides is 1. The van der Waals surface area contributed by atoms with Crippen molar-refractivity contribution in [1.29, 1.82) is 0 Å². The Morgan fingerprint density at radius 3 is 2.63 bits per heavy atom. The van der Waals surface area contributed by atoms with E-state index >= 15 is 0 Å². The third-order valence-electron chi connectivity index (χ3n) is 5.06. The number of aromatic nitrogens is 2. The molecule has 0 spiro atoms. The van der Waals surface area contributed by atoms with Gasteiger partial charge in [-0.25, -0.2) is 18.1 Å². The predicted molar refractivity (Wildman–Crippen MR) is 116 cm³/mol. The number of H-pyrrole nitrogens is 1. The molecule has 1 aromatic heterocycles. The number of benzene rings is 2. The Kier molecular flexibility index (Phi) is 5.62. The van der Waals surface area contributed by atoms with Gasteiger partial charge in [-0.1, -0.05) is 32.0 Å². The Morgan fingerprint density at radius 1 is 1.17 bits per heavy atom. The molecule has 7 nitrogen and oxygen atoms in total. The predicted octanol–water partition coefficient (Wildman–Crippen LogP) is 3.52. The number of para-hydroxylation sites is 2. The minimum atomic E-state index is -3.62. The fourth-order valence-electron chi connectivity index (χ4n) is 3.38. The van der Waals surface area contributed by atoms with Gasteiger partial charge in [0.2, 0.25) is 10.0 Å². The van der Waals surface area contributed by atoms with Crippen molar-refractivity contribution in [2.45, 2.75) is 50.1 Å². The zero-order valence-electron chi connectivity index (χ0n) is 17.1. The number of nitrogens with zero attached hydrogens (tertiary/aromatic N) is 1. The van der Waals surface area contributed by atoms with Crippen LogP contribution >= 0.6 is 0 Å². The number of imidazole rings is 1. The highest BCUT2D eigenvalue weighted by Gasteiger charge is 2.28. The van der Waals surface area contributed by atoms with Crippen LogP contribution < -0.4 is 10.0 Å². The quantitative estimate of drug-likeness (QED) is 0.513. The first-order valence-corrected chi connectivity index (χ1v) is 11.7. The molecule has 0 bridgehead atoms. The van der Waals surface area contributed by atoms with E-state index < -0.39 is 10.0 Å². The summed E-state index contributed by atoms with van der Waals surface area (Å²) < 4.78 is 27.6. The molecule has 30 heavy (non-hydrogen) atoms. The monoisotopic (exact) mass is 426 g/mol. The molecule has 1 heterocycles. The molecule has 1 atom stereocenters. The van der Waals surface area contributed by atoms with E-state index in [9.17, 15) is 13.2 Å². The molecule has 1 amide bonds. The first-order valence-electron chi connectivity index (χ1n) is 10.2. The van der Waals surface area contributed by atoms with Gasteiger partial charge in [-0.2, -0.15) is 0 Å². The normalized spacial score (nSPS) is 15.4. The lowest BCUT2D eigenvalue weighted by Gasteiger charge is -2.19. The van der Waals surface area contributed by atoms with E-state index in [1.165, 1.54) is 12.1 Å². The number of carbonyl (C=O) groups excluding carboxylic acids is 1. The van der Waals surface area contributed by atoms with E-state index in [0.29, 0.717) is 23.7 Å². The molecule has 1 aliphatic carbocycles. The van der Waals surface area contributed by atoms with Crippen LogP contribution in [0.1, 0.15) is 55.3 Å². The molecule has 1 saturated carbocycles. The number of fused-ring (bicyclic) bond motifs is 1. The van der Waals surface area contributed by atoms with Crippen molar-refractivity contribution in [2.24, 2.45) is 5.92 Å². The Morgan fingerprint density at radius 2 is 1.93 bits per heavy atom. The summed E-state index contributed by atoms with van der Waals surface area (Å²) in [6.45, 7) is 4.16. The molecule has 4 rings (SSSR count).